The van der Waals surface area contributed by atoms with E-state index in [0.29, 0.717) is 0 Å². The van der Waals surface area contributed by atoms with Gasteiger partial charge < -0.3 is 13.8 Å². The van der Waals surface area contributed by atoms with Crippen molar-refractivity contribution in [3.05, 3.63) is 138 Å². The third kappa shape index (κ3) is 5.01. The van der Waals surface area contributed by atoms with E-state index in [-0.39, 0.29) is 28.5 Å². The summed E-state index contributed by atoms with van der Waals surface area (Å²) in [5.74, 6) is 0. The quantitative estimate of drug-likeness (QED) is 0.122. The molecule has 0 aliphatic carbocycles. The lowest BCUT2D eigenvalue weighted by atomic mass is 9.47. The van der Waals surface area contributed by atoms with Crippen LogP contribution in [0.1, 0.15) is 105 Å². The molecule has 306 valence electrons. The van der Waals surface area contributed by atoms with Gasteiger partial charge in [-0.15, -0.1) is 0 Å². The Balaban J connectivity index is 1.33. The van der Waals surface area contributed by atoms with Gasteiger partial charge >= 0.3 is 6.85 Å². The summed E-state index contributed by atoms with van der Waals surface area (Å²) in [6.07, 6.45) is 0. The van der Waals surface area contributed by atoms with Crippen molar-refractivity contribution in [2.24, 2.45) is 0 Å². The summed E-state index contributed by atoms with van der Waals surface area (Å²) in [5, 5.41) is 11.6. The number of nitrogens with zero attached hydrogens (tertiary/aromatic N) is 2. The largest absolute Gasteiger partial charge is 0.466 e. The van der Waals surface area contributed by atoms with Gasteiger partial charge in [0.25, 0.3) is 0 Å². The minimum absolute atomic E-state index is 0.00147. The zero-order chi connectivity index (χ0) is 43.2. The standard InChI is InChI=1S/C58H55BN2O/c1-55(2,3)34-19-22-38(23-20-34)60-52-41-25-18-33-28-36(57(7,8)9)27-32-17-24-40(48(41)47(32)33)49-44-31-37(58(10,11)12)30-43-42-29-35(56(4,5)6)21-26-45(42)61(51(43)44)59(50(49)52)54-53(60)39-15-13-14-16-46(39)62-54/h13-31H,1-12H3. The molecular formula is C58H55BN2O. The first-order valence-electron chi connectivity index (χ1n) is 22.6. The zero-order valence-electron chi connectivity index (χ0n) is 38.3. The molecule has 0 saturated carbocycles. The lowest BCUT2D eigenvalue weighted by Crippen LogP contribution is -2.56. The molecule has 8 aromatic carbocycles. The van der Waals surface area contributed by atoms with E-state index in [1.54, 1.807) is 0 Å². The minimum atomic E-state index is -0.199. The number of rotatable bonds is 1. The molecule has 3 nitrogen and oxygen atoms in total. The van der Waals surface area contributed by atoms with Crippen molar-refractivity contribution in [3.63, 3.8) is 0 Å². The van der Waals surface area contributed by atoms with Gasteiger partial charge in [0.2, 0.25) is 0 Å². The SMILES string of the molecule is CC(C)(C)c1ccc(N2c3c(oc4ccccc34)B3c4c(c5ccc6cc(C(C)(C)C)cc7ccc(c42)c5c67)-c2cc(C(C)(C)C)cc4c5cc(C(C)(C)C)ccc5n3c24)cc1. The number of furan rings is 1. The number of fused-ring (bicyclic) bond motifs is 11. The number of aromatic nitrogens is 1. The van der Waals surface area contributed by atoms with Crippen LogP contribution in [0, 0.1) is 0 Å². The predicted octanol–water partition coefficient (Wildman–Crippen LogP) is 15.0. The molecule has 0 fully saturated rings. The molecule has 4 heterocycles. The van der Waals surface area contributed by atoms with Crippen molar-refractivity contribution < 1.29 is 4.42 Å². The van der Waals surface area contributed by atoms with Crippen molar-refractivity contribution in [2.45, 2.75) is 105 Å². The van der Waals surface area contributed by atoms with E-state index in [2.05, 4.69) is 208 Å². The molecular weight excluding hydrogens is 751 g/mol. The molecule has 62 heavy (non-hydrogen) atoms. The van der Waals surface area contributed by atoms with Crippen molar-refractivity contribution >= 4 is 100 Å². The van der Waals surface area contributed by atoms with Crippen LogP contribution in [0.25, 0.3) is 76.2 Å². The Kier molecular flexibility index (Phi) is 7.26. The number of hydrogen-bond donors (Lipinski definition) is 0. The maximum atomic E-state index is 7.32. The van der Waals surface area contributed by atoms with Crippen molar-refractivity contribution in [2.75, 3.05) is 4.90 Å². The van der Waals surface area contributed by atoms with Gasteiger partial charge in [-0.05, 0) is 125 Å². The summed E-state index contributed by atoms with van der Waals surface area (Å²) in [4.78, 5) is 2.58. The van der Waals surface area contributed by atoms with Crippen LogP contribution in [-0.2, 0) is 21.7 Å². The van der Waals surface area contributed by atoms with Crippen LogP contribution in [0.2, 0.25) is 0 Å². The third-order valence-electron chi connectivity index (χ3n) is 14.5. The van der Waals surface area contributed by atoms with Crippen LogP contribution in [0.15, 0.2) is 120 Å². The lowest BCUT2D eigenvalue weighted by molar-refractivity contribution is 0.590. The van der Waals surface area contributed by atoms with Gasteiger partial charge in [-0.1, -0.05) is 150 Å². The molecule has 0 atom stereocenters. The second-order valence-electron chi connectivity index (χ2n) is 22.7. The summed E-state index contributed by atoms with van der Waals surface area (Å²) in [6.45, 7) is 27.8. The number of benzene rings is 8. The highest BCUT2D eigenvalue weighted by Crippen LogP contribution is 2.54. The van der Waals surface area contributed by atoms with Crippen LogP contribution in [0.4, 0.5) is 17.1 Å². The van der Waals surface area contributed by atoms with Gasteiger partial charge in [-0.3, -0.25) is 0 Å². The Bertz CT molecular complexity index is 3530. The van der Waals surface area contributed by atoms with Crippen molar-refractivity contribution in [1.82, 2.24) is 4.48 Å². The molecule has 12 rings (SSSR count). The molecule has 0 saturated heterocycles. The van der Waals surface area contributed by atoms with Crippen LogP contribution in [-0.4, -0.2) is 11.3 Å². The smallest absolute Gasteiger partial charge is 0.376 e. The van der Waals surface area contributed by atoms with E-state index in [4.69, 9.17) is 4.42 Å². The van der Waals surface area contributed by atoms with Crippen molar-refractivity contribution in [1.29, 1.82) is 0 Å². The molecule has 0 radical (unpaired) electrons. The number of anilines is 3. The Morgan fingerprint density at radius 1 is 0.468 bits per heavy atom. The Morgan fingerprint density at radius 3 is 1.73 bits per heavy atom. The molecule has 0 amide bonds. The van der Waals surface area contributed by atoms with E-state index >= 15 is 0 Å². The highest BCUT2D eigenvalue weighted by atomic mass is 16.3. The van der Waals surface area contributed by atoms with Gasteiger partial charge in [0, 0.05) is 49.2 Å². The predicted molar refractivity (Wildman–Crippen MR) is 268 cm³/mol. The number of hydrogen-bond acceptors (Lipinski definition) is 2. The molecule has 2 aliphatic heterocycles. The second kappa shape index (κ2) is 11.9. The Labute approximate surface area is 365 Å². The molecule has 2 aliphatic rings. The maximum absolute atomic E-state index is 7.32. The Hall–Kier alpha value is -6.00. The lowest BCUT2D eigenvalue weighted by Gasteiger charge is -2.40. The first-order chi connectivity index (χ1) is 29.3. The van der Waals surface area contributed by atoms with Gasteiger partial charge in [-0.25, -0.2) is 0 Å². The average molecular weight is 807 g/mol. The summed E-state index contributed by atoms with van der Waals surface area (Å²) in [5.41, 5.74) is 17.3. The zero-order valence-corrected chi connectivity index (χ0v) is 38.3. The van der Waals surface area contributed by atoms with Gasteiger partial charge in [0.1, 0.15) is 11.2 Å². The van der Waals surface area contributed by atoms with Crippen LogP contribution in [0.5, 0.6) is 0 Å². The van der Waals surface area contributed by atoms with Gasteiger partial charge in [0.15, 0.2) is 0 Å². The maximum Gasteiger partial charge on any atom is 0.376 e. The fourth-order valence-corrected chi connectivity index (χ4v) is 11.1. The normalized spacial score (nSPS) is 14.4. The third-order valence-corrected chi connectivity index (χ3v) is 14.5. The highest BCUT2D eigenvalue weighted by molar-refractivity contribution is 6.90. The van der Waals surface area contributed by atoms with Gasteiger partial charge in [0.05, 0.1) is 11.4 Å². The Morgan fingerprint density at radius 2 is 1.06 bits per heavy atom. The summed E-state index contributed by atoms with van der Waals surface area (Å²) < 4.78 is 9.99. The summed E-state index contributed by atoms with van der Waals surface area (Å²) >= 11 is 0. The molecule has 10 aromatic rings. The average Bonchev–Trinajstić information content (AvgIpc) is 3.76. The van der Waals surface area contributed by atoms with Crippen LogP contribution >= 0.6 is 0 Å². The van der Waals surface area contributed by atoms with E-state index in [1.165, 1.54) is 98.7 Å². The number of para-hydroxylation sites is 1. The van der Waals surface area contributed by atoms with E-state index in [1.807, 2.05) is 0 Å². The van der Waals surface area contributed by atoms with E-state index in [0.717, 1.165) is 28.0 Å². The fourth-order valence-electron chi connectivity index (χ4n) is 11.1. The van der Waals surface area contributed by atoms with E-state index in [9.17, 15) is 0 Å². The molecule has 0 unspecified atom stereocenters. The molecule has 2 aromatic heterocycles. The van der Waals surface area contributed by atoms with E-state index < -0.39 is 0 Å². The second-order valence-corrected chi connectivity index (χ2v) is 22.7. The van der Waals surface area contributed by atoms with Crippen LogP contribution in [0.3, 0.4) is 0 Å². The summed E-state index contributed by atoms with van der Waals surface area (Å²) in [7, 11) is 0. The van der Waals surface area contributed by atoms with Crippen molar-refractivity contribution in [3.8, 4) is 11.1 Å². The molecule has 0 bridgehead atoms. The first-order valence-corrected chi connectivity index (χ1v) is 22.6. The van der Waals surface area contributed by atoms with Gasteiger partial charge in [-0.2, -0.15) is 0 Å². The molecule has 0 N–H and O–H groups in total. The van der Waals surface area contributed by atoms with Crippen LogP contribution < -0.4 is 16.0 Å². The summed E-state index contributed by atoms with van der Waals surface area (Å²) in [6, 6.07) is 44.9. The monoisotopic (exact) mass is 806 g/mol. The highest BCUT2D eigenvalue weighted by Gasteiger charge is 2.48. The molecule has 4 heteroatoms. The fraction of sp³-hybridized carbons (Fsp3) is 0.276. The topological polar surface area (TPSA) is 21.3 Å². The minimum Gasteiger partial charge on any atom is -0.466 e. The molecule has 0 spiro atoms. The first kappa shape index (κ1) is 37.7.